The fraction of sp³-hybridized carbons (Fsp3) is 0.286. The molecule has 7 nitrogen and oxygen atoms in total. The number of aromatic nitrogens is 2. The number of piperidine rings is 1. The topological polar surface area (TPSA) is 92.3 Å². The van der Waals surface area contributed by atoms with Crippen LogP contribution in [0.2, 0.25) is 0 Å². The number of carbonyl (C=O) groups is 1. The predicted octanol–water partition coefficient (Wildman–Crippen LogP) is 3.95. The molecule has 11 heteroatoms. The maximum atomic E-state index is 13.7. The first-order valence-corrected chi connectivity index (χ1v) is 12.2. The van der Waals surface area contributed by atoms with E-state index in [0.717, 1.165) is 17.4 Å². The number of anilines is 1. The van der Waals surface area contributed by atoms with Crippen molar-refractivity contribution in [2.75, 3.05) is 18.4 Å². The minimum Gasteiger partial charge on any atom is -0.320 e. The van der Waals surface area contributed by atoms with Gasteiger partial charge in [-0.15, -0.1) is 10.2 Å². The first-order chi connectivity index (χ1) is 15.2. The highest BCUT2D eigenvalue weighted by molar-refractivity contribution is 7.89. The van der Waals surface area contributed by atoms with Gasteiger partial charge in [0, 0.05) is 24.7 Å². The molecule has 1 amide bonds. The summed E-state index contributed by atoms with van der Waals surface area (Å²) < 4.78 is 54.3. The fourth-order valence-corrected chi connectivity index (χ4v) is 6.19. The maximum absolute atomic E-state index is 13.7. The number of sulfonamides is 1. The van der Waals surface area contributed by atoms with E-state index < -0.39 is 27.6 Å². The van der Waals surface area contributed by atoms with E-state index >= 15 is 0 Å². The Bertz CT molecular complexity index is 1250. The van der Waals surface area contributed by atoms with E-state index in [1.54, 1.807) is 6.92 Å². The molecule has 1 saturated heterocycles. The molecular weight excluding hydrogens is 458 g/mol. The summed E-state index contributed by atoms with van der Waals surface area (Å²) in [6, 6.07) is 9.06. The molecule has 0 radical (unpaired) electrons. The molecule has 168 valence electrons. The summed E-state index contributed by atoms with van der Waals surface area (Å²) in [7, 11) is -3.87. The summed E-state index contributed by atoms with van der Waals surface area (Å²) in [5, 5.41) is 11.4. The Morgan fingerprint density at radius 1 is 1.12 bits per heavy atom. The number of nitrogens with zero attached hydrogens (tertiary/aromatic N) is 3. The van der Waals surface area contributed by atoms with Crippen molar-refractivity contribution in [2.45, 2.75) is 30.6 Å². The van der Waals surface area contributed by atoms with Crippen LogP contribution in [0.15, 0.2) is 47.4 Å². The van der Waals surface area contributed by atoms with Crippen LogP contribution in [0.5, 0.6) is 0 Å². The zero-order chi connectivity index (χ0) is 22.9. The highest BCUT2D eigenvalue weighted by Gasteiger charge is 2.33. The molecule has 1 fully saturated rings. The van der Waals surface area contributed by atoms with Gasteiger partial charge in [-0.25, -0.2) is 17.2 Å². The van der Waals surface area contributed by atoms with Gasteiger partial charge in [-0.2, -0.15) is 4.31 Å². The fourth-order valence-electron chi connectivity index (χ4n) is 3.56. The van der Waals surface area contributed by atoms with Crippen LogP contribution in [0.4, 0.5) is 14.5 Å². The van der Waals surface area contributed by atoms with E-state index in [0.29, 0.717) is 35.6 Å². The van der Waals surface area contributed by atoms with Gasteiger partial charge in [0.2, 0.25) is 15.0 Å². The van der Waals surface area contributed by atoms with Crippen molar-refractivity contribution in [2.24, 2.45) is 0 Å². The molecule has 0 saturated carbocycles. The normalized spacial score (nSPS) is 17.3. The molecular formula is C21H20F2N4O3S2. The SMILES string of the molecule is Cc1ccc(F)cc1S(=O)(=O)N1CCCC(c2nnc(C(=O)Nc3ccc(F)cc3)s2)C1. The lowest BCUT2D eigenvalue weighted by Crippen LogP contribution is -2.39. The summed E-state index contributed by atoms with van der Waals surface area (Å²) in [5.74, 6) is -1.72. The molecule has 0 spiro atoms. The van der Waals surface area contributed by atoms with Gasteiger partial charge in [0.1, 0.15) is 16.6 Å². The summed E-state index contributed by atoms with van der Waals surface area (Å²) in [4.78, 5) is 12.4. The Kier molecular flexibility index (Phi) is 6.31. The van der Waals surface area contributed by atoms with Crippen LogP contribution >= 0.6 is 11.3 Å². The molecule has 2 aromatic carbocycles. The van der Waals surface area contributed by atoms with Gasteiger partial charge in [-0.3, -0.25) is 4.79 Å². The van der Waals surface area contributed by atoms with Crippen LogP contribution in [0.1, 0.15) is 39.1 Å². The van der Waals surface area contributed by atoms with Gasteiger partial charge in [0.25, 0.3) is 5.91 Å². The number of benzene rings is 2. The van der Waals surface area contributed by atoms with Crippen LogP contribution in [0.3, 0.4) is 0 Å². The lowest BCUT2D eigenvalue weighted by molar-refractivity contribution is 0.102. The summed E-state index contributed by atoms with van der Waals surface area (Å²) in [6.45, 7) is 2.13. The highest BCUT2D eigenvalue weighted by atomic mass is 32.2. The van der Waals surface area contributed by atoms with Gasteiger partial charge >= 0.3 is 0 Å². The lowest BCUT2D eigenvalue weighted by Gasteiger charge is -2.31. The van der Waals surface area contributed by atoms with E-state index in [1.807, 2.05) is 0 Å². The van der Waals surface area contributed by atoms with Crippen LogP contribution < -0.4 is 5.32 Å². The van der Waals surface area contributed by atoms with Crippen LogP contribution in [-0.4, -0.2) is 41.9 Å². The number of hydrogen-bond acceptors (Lipinski definition) is 6. The second-order valence-electron chi connectivity index (χ2n) is 7.52. The monoisotopic (exact) mass is 478 g/mol. The molecule has 1 aliphatic rings. The van der Waals surface area contributed by atoms with Gasteiger partial charge in [-0.05, 0) is 61.7 Å². The first kappa shape index (κ1) is 22.4. The largest absolute Gasteiger partial charge is 0.320 e. The molecule has 1 N–H and O–H groups in total. The first-order valence-electron chi connectivity index (χ1n) is 9.90. The Morgan fingerprint density at radius 3 is 2.59 bits per heavy atom. The Labute approximate surface area is 188 Å². The van der Waals surface area contributed by atoms with Crippen LogP contribution in [-0.2, 0) is 10.0 Å². The third-order valence-corrected chi connectivity index (χ3v) is 8.33. The van der Waals surface area contributed by atoms with Gasteiger partial charge in [-0.1, -0.05) is 17.4 Å². The number of rotatable bonds is 5. The molecule has 32 heavy (non-hydrogen) atoms. The van der Waals surface area contributed by atoms with E-state index in [4.69, 9.17) is 0 Å². The number of aryl methyl sites for hydroxylation is 1. The minimum atomic E-state index is -3.87. The second kappa shape index (κ2) is 9.00. The third-order valence-electron chi connectivity index (χ3n) is 5.24. The number of nitrogens with one attached hydrogen (secondary N) is 1. The average Bonchev–Trinajstić information content (AvgIpc) is 3.28. The number of amides is 1. The molecule has 1 aromatic heterocycles. The van der Waals surface area contributed by atoms with Crippen molar-refractivity contribution in [1.29, 1.82) is 0 Å². The standard InChI is InChI=1S/C21H20F2N4O3S2/c1-13-4-5-16(23)11-18(13)32(29,30)27-10-2-3-14(12-27)20-25-26-21(31-20)19(28)24-17-8-6-15(22)7-9-17/h4-9,11,14H,2-3,10,12H2,1H3,(H,24,28). The smallest absolute Gasteiger partial charge is 0.286 e. The van der Waals surface area contributed by atoms with Crippen molar-refractivity contribution in [3.63, 3.8) is 0 Å². The van der Waals surface area contributed by atoms with Gasteiger partial charge in [0.15, 0.2) is 0 Å². The summed E-state index contributed by atoms with van der Waals surface area (Å²) in [5.41, 5.74) is 0.901. The van der Waals surface area contributed by atoms with Gasteiger partial charge in [0.05, 0.1) is 4.90 Å². The second-order valence-corrected chi connectivity index (χ2v) is 10.4. The minimum absolute atomic E-state index is 0.0465. The van der Waals surface area contributed by atoms with Crippen LogP contribution in [0, 0.1) is 18.6 Å². The third kappa shape index (κ3) is 4.69. The molecule has 1 aliphatic heterocycles. The van der Waals surface area contributed by atoms with E-state index in [-0.39, 0.29) is 22.4 Å². The molecule has 1 unspecified atom stereocenters. The molecule has 3 aromatic rings. The molecule has 0 bridgehead atoms. The number of halogens is 2. The van der Waals surface area contributed by atoms with Crippen molar-refractivity contribution >= 4 is 33.0 Å². The summed E-state index contributed by atoms with van der Waals surface area (Å²) >= 11 is 1.09. The average molecular weight is 479 g/mol. The predicted molar refractivity (Wildman–Crippen MR) is 116 cm³/mol. The molecule has 2 heterocycles. The summed E-state index contributed by atoms with van der Waals surface area (Å²) in [6.07, 6.45) is 1.30. The van der Waals surface area contributed by atoms with Gasteiger partial charge < -0.3 is 5.32 Å². The van der Waals surface area contributed by atoms with Crippen LogP contribution in [0.25, 0.3) is 0 Å². The Balaban J connectivity index is 1.49. The zero-order valence-corrected chi connectivity index (χ0v) is 18.7. The van der Waals surface area contributed by atoms with E-state index in [9.17, 15) is 22.0 Å². The lowest BCUT2D eigenvalue weighted by atomic mass is 10.0. The van der Waals surface area contributed by atoms with Crippen molar-refractivity contribution < 1.29 is 22.0 Å². The highest BCUT2D eigenvalue weighted by Crippen LogP contribution is 2.33. The van der Waals surface area contributed by atoms with E-state index in [2.05, 4.69) is 15.5 Å². The molecule has 1 atom stereocenters. The maximum Gasteiger partial charge on any atom is 0.286 e. The number of hydrogen-bond donors (Lipinski definition) is 1. The Morgan fingerprint density at radius 2 is 1.84 bits per heavy atom. The Hall–Kier alpha value is -2.76. The zero-order valence-electron chi connectivity index (χ0n) is 17.1. The van der Waals surface area contributed by atoms with E-state index in [1.165, 1.54) is 40.7 Å². The number of carbonyl (C=O) groups excluding carboxylic acids is 1. The molecule has 4 rings (SSSR count). The van der Waals surface area contributed by atoms with Crippen molar-refractivity contribution in [1.82, 2.24) is 14.5 Å². The quantitative estimate of drug-likeness (QED) is 0.600. The van der Waals surface area contributed by atoms with Crippen molar-refractivity contribution in [3.05, 3.63) is 69.7 Å². The van der Waals surface area contributed by atoms with Crippen molar-refractivity contribution in [3.8, 4) is 0 Å². The molecule has 0 aliphatic carbocycles.